The molecular formula is C16H19NO3. The third kappa shape index (κ3) is 2.13. The topological polar surface area (TPSA) is 47.6 Å². The number of benzene rings is 1. The number of carbonyl (C=O) groups is 1. The van der Waals surface area contributed by atoms with E-state index in [4.69, 9.17) is 9.47 Å². The molecule has 4 nitrogen and oxygen atoms in total. The Bertz CT molecular complexity index is 551. The molecule has 4 rings (SSSR count). The molecule has 106 valence electrons. The normalized spacial score (nSPS) is 23.9. The van der Waals surface area contributed by atoms with Crippen LogP contribution in [0.2, 0.25) is 0 Å². The molecule has 1 amide bonds. The first-order valence-electron chi connectivity index (χ1n) is 7.54. The lowest BCUT2D eigenvalue weighted by Crippen LogP contribution is -2.32. The number of ether oxygens (including phenoxy) is 2. The van der Waals surface area contributed by atoms with Gasteiger partial charge >= 0.3 is 0 Å². The van der Waals surface area contributed by atoms with Crippen LogP contribution in [0.25, 0.3) is 0 Å². The Hall–Kier alpha value is -1.71. The maximum absolute atomic E-state index is 12.0. The summed E-state index contributed by atoms with van der Waals surface area (Å²) in [6.07, 6.45) is 5.29. The zero-order chi connectivity index (χ0) is 13.5. The molecule has 1 saturated carbocycles. The van der Waals surface area contributed by atoms with Crippen LogP contribution >= 0.6 is 0 Å². The second-order valence-corrected chi connectivity index (χ2v) is 5.92. The van der Waals surface area contributed by atoms with Gasteiger partial charge in [0.1, 0.15) is 13.2 Å². The zero-order valence-electron chi connectivity index (χ0n) is 11.5. The van der Waals surface area contributed by atoms with Crippen molar-refractivity contribution >= 4 is 5.91 Å². The fourth-order valence-corrected chi connectivity index (χ4v) is 3.12. The molecule has 1 fully saturated rings. The molecule has 1 N–H and O–H groups in total. The van der Waals surface area contributed by atoms with Gasteiger partial charge < -0.3 is 14.8 Å². The molecule has 0 aromatic heterocycles. The van der Waals surface area contributed by atoms with E-state index < -0.39 is 0 Å². The second kappa shape index (κ2) is 4.69. The molecule has 0 bridgehead atoms. The Morgan fingerprint density at radius 2 is 1.85 bits per heavy atom. The summed E-state index contributed by atoms with van der Waals surface area (Å²) in [5.74, 6) is 2.15. The van der Waals surface area contributed by atoms with Crippen molar-refractivity contribution in [1.29, 1.82) is 0 Å². The van der Waals surface area contributed by atoms with Crippen molar-refractivity contribution in [3.05, 3.63) is 23.3 Å². The van der Waals surface area contributed by atoms with Gasteiger partial charge in [-0.1, -0.05) is 0 Å². The molecule has 2 aliphatic carbocycles. The van der Waals surface area contributed by atoms with E-state index >= 15 is 0 Å². The smallest absolute Gasteiger partial charge is 0.223 e. The Labute approximate surface area is 118 Å². The minimum absolute atomic E-state index is 0.141. The van der Waals surface area contributed by atoms with Crippen LogP contribution in [-0.2, 0) is 11.2 Å². The van der Waals surface area contributed by atoms with Crippen molar-refractivity contribution in [1.82, 2.24) is 5.32 Å². The van der Waals surface area contributed by atoms with Gasteiger partial charge in [-0.25, -0.2) is 0 Å². The van der Waals surface area contributed by atoms with E-state index in [1.54, 1.807) is 0 Å². The molecule has 1 atom stereocenters. The minimum Gasteiger partial charge on any atom is -0.486 e. The fraction of sp³-hybridized carbons (Fsp3) is 0.562. The average molecular weight is 273 g/mol. The van der Waals surface area contributed by atoms with Gasteiger partial charge in [0.15, 0.2) is 11.5 Å². The molecule has 3 aliphatic rings. The Morgan fingerprint density at radius 3 is 2.60 bits per heavy atom. The maximum Gasteiger partial charge on any atom is 0.223 e. The molecule has 0 saturated heterocycles. The number of hydrogen-bond donors (Lipinski definition) is 1. The lowest BCUT2D eigenvalue weighted by Gasteiger charge is -2.29. The highest BCUT2D eigenvalue weighted by atomic mass is 16.6. The molecule has 4 heteroatoms. The minimum atomic E-state index is 0.141. The third-order valence-electron chi connectivity index (χ3n) is 4.38. The van der Waals surface area contributed by atoms with Gasteiger partial charge in [0.2, 0.25) is 5.91 Å². The van der Waals surface area contributed by atoms with E-state index in [9.17, 15) is 4.79 Å². The van der Waals surface area contributed by atoms with Crippen molar-refractivity contribution in [3.8, 4) is 11.5 Å². The monoisotopic (exact) mass is 273 g/mol. The lowest BCUT2D eigenvalue weighted by molar-refractivity contribution is -0.123. The van der Waals surface area contributed by atoms with E-state index in [2.05, 4.69) is 17.4 Å². The number of nitrogens with one attached hydrogen (secondary N) is 1. The molecule has 1 aromatic carbocycles. The summed E-state index contributed by atoms with van der Waals surface area (Å²) < 4.78 is 11.3. The molecular weight excluding hydrogens is 254 g/mol. The molecule has 0 spiro atoms. The van der Waals surface area contributed by atoms with Crippen molar-refractivity contribution in [2.24, 2.45) is 5.92 Å². The van der Waals surface area contributed by atoms with Crippen molar-refractivity contribution in [2.45, 2.75) is 38.1 Å². The van der Waals surface area contributed by atoms with E-state index in [0.29, 0.717) is 13.2 Å². The first-order chi connectivity index (χ1) is 9.81. The SMILES string of the molecule is O=C(NC1CCCc2cc3c(cc21)OCCO3)C1CC1. The van der Waals surface area contributed by atoms with E-state index in [-0.39, 0.29) is 17.9 Å². The first-order valence-corrected chi connectivity index (χ1v) is 7.54. The van der Waals surface area contributed by atoms with Crippen LogP contribution in [-0.4, -0.2) is 19.1 Å². The van der Waals surface area contributed by atoms with Gasteiger partial charge in [0.25, 0.3) is 0 Å². The van der Waals surface area contributed by atoms with Gasteiger partial charge in [0.05, 0.1) is 6.04 Å². The van der Waals surface area contributed by atoms with E-state index in [1.807, 2.05) is 0 Å². The number of rotatable bonds is 2. The highest BCUT2D eigenvalue weighted by Gasteiger charge is 2.33. The van der Waals surface area contributed by atoms with E-state index in [1.165, 1.54) is 11.1 Å². The van der Waals surface area contributed by atoms with Gasteiger partial charge in [-0.05, 0) is 55.4 Å². The van der Waals surface area contributed by atoms with Crippen LogP contribution in [0, 0.1) is 5.92 Å². The second-order valence-electron chi connectivity index (χ2n) is 5.92. The first kappa shape index (κ1) is 12.1. The molecule has 1 unspecified atom stereocenters. The molecule has 0 radical (unpaired) electrons. The van der Waals surface area contributed by atoms with E-state index in [0.717, 1.165) is 43.6 Å². The predicted molar refractivity (Wildman–Crippen MR) is 74.0 cm³/mol. The van der Waals surface area contributed by atoms with Crippen LogP contribution in [0.4, 0.5) is 0 Å². The van der Waals surface area contributed by atoms with Crippen LogP contribution in [0.3, 0.4) is 0 Å². The number of hydrogen-bond acceptors (Lipinski definition) is 3. The van der Waals surface area contributed by atoms with Crippen LogP contribution in [0.15, 0.2) is 12.1 Å². The quantitative estimate of drug-likeness (QED) is 0.900. The maximum atomic E-state index is 12.0. The highest BCUT2D eigenvalue weighted by Crippen LogP contribution is 2.40. The summed E-state index contributed by atoms with van der Waals surface area (Å²) in [5.41, 5.74) is 2.51. The lowest BCUT2D eigenvalue weighted by atomic mass is 9.87. The van der Waals surface area contributed by atoms with Crippen molar-refractivity contribution in [2.75, 3.05) is 13.2 Å². The Balaban J connectivity index is 1.63. The summed E-state index contributed by atoms with van der Waals surface area (Å²) in [7, 11) is 0. The van der Waals surface area contributed by atoms with Crippen LogP contribution in [0.1, 0.15) is 42.9 Å². The number of fused-ring (bicyclic) bond motifs is 2. The largest absolute Gasteiger partial charge is 0.486 e. The summed E-state index contributed by atoms with van der Waals surface area (Å²) in [5, 5.41) is 3.21. The van der Waals surface area contributed by atoms with Gasteiger partial charge in [-0.15, -0.1) is 0 Å². The third-order valence-corrected chi connectivity index (χ3v) is 4.38. The van der Waals surface area contributed by atoms with Crippen LogP contribution < -0.4 is 14.8 Å². The Kier molecular flexibility index (Phi) is 2.83. The van der Waals surface area contributed by atoms with Crippen LogP contribution in [0.5, 0.6) is 11.5 Å². The molecule has 1 heterocycles. The van der Waals surface area contributed by atoms with Gasteiger partial charge in [-0.3, -0.25) is 4.79 Å². The number of carbonyl (C=O) groups excluding carboxylic acids is 1. The highest BCUT2D eigenvalue weighted by molar-refractivity contribution is 5.81. The molecule has 1 aromatic rings. The zero-order valence-corrected chi connectivity index (χ0v) is 11.5. The predicted octanol–water partition coefficient (Wildman–Crippen LogP) is 2.36. The number of aryl methyl sites for hydroxylation is 1. The van der Waals surface area contributed by atoms with Crippen molar-refractivity contribution in [3.63, 3.8) is 0 Å². The molecule has 20 heavy (non-hydrogen) atoms. The van der Waals surface area contributed by atoms with Gasteiger partial charge in [-0.2, -0.15) is 0 Å². The summed E-state index contributed by atoms with van der Waals surface area (Å²) in [6, 6.07) is 4.31. The summed E-state index contributed by atoms with van der Waals surface area (Å²) in [4.78, 5) is 12.0. The average Bonchev–Trinajstić information content (AvgIpc) is 3.30. The molecule has 1 aliphatic heterocycles. The Morgan fingerprint density at radius 1 is 1.10 bits per heavy atom. The number of amides is 1. The summed E-state index contributed by atoms with van der Waals surface area (Å²) >= 11 is 0. The fourth-order valence-electron chi connectivity index (χ4n) is 3.12. The summed E-state index contributed by atoms with van der Waals surface area (Å²) in [6.45, 7) is 1.22. The van der Waals surface area contributed by atoms with Crippen molar-refractivity contribution < 1.29 is 14.3 Å². The standard InChI is InChI=1S/C16H19NO3/c18-16(10-4-5-10)17-13-3-1-2-11-8-14-15(9-12(11)13)20-7-6-19-14/h8-10,13H,1-7H2,(H,17,18). The van der Waals surface area contributed by atoms with Gasteiger partial charge in [0, 0.05) is 5.92 Å².